The number of rotatable bonds is 2. The topological polar surface area (TPSA) is 80.9 Å². The first-order valence-corrected chi connectivity index (χ1v) is 9.28. The van der Waals surface area contributed by atoms with Crippen molar-refractivity contribution in [1.82, 2.24) is 18.9 Å². The molecule has 3 heterocycles. The zero-order valence-corrected chi connectivity index (χ0v) is 14.8. The van der Waals surface area contributed by atoms with Crippen LogP contribution in [0.1, 0.15) is 43.8 Å². The quantitative estimate of drug-likeness (QED) is 0.704. The van der Waals surface area contributed by atoms with Gasteiger partial charge in [-0.2, -0.15) is 17.5 Å². The van der Waals surface area contributed by atoms with Crippen LogP contribution in [-0.4, -0.2) is 24.0 Å². The fourth-order valence-electron chi connectivity index (χ4n) is 3.52. The van der Waals surface area contributed by atoms with Crippen molar-refractivity contribution in [3.63, 3.8) is 0 Å². The minimum atomic E-state index is -4.74. The Balaban J connectivity index is 2.05. The first-order valence-electron chi connectivity index (χ1n) is 8.51. The van der Waals surface area contributed by atoms with E-state index in [1.807, 2.05) is 0 Å². The highest BCUT2D eigenvalue weighted by Crippen LogP contribution is 2.37. The van der Waals surface area contributed by atoms with Gasteiger partial charge in [-0.15, -0.1) is 0 Å². The predicted octanol–water partition coefficient (Wildman–Crippen LogP) is 4.14. The molecule has 1 saturated carbocycles. The number of fused-ring (bicyclic) bond motifs is 1. The summed E-state index contributed by atoms with van der Waals surface area (Å²) in [6.45, 7) is 0. The minimum Gasteiger partial charge on any atom is -0.506 e. The third kappa shape index (κ3) is 3.07. The summed E-state index contributed by atoms with van der Waals surface area (Å²) in [5.41, 5.74) is -1.92. The van der Waals surface area contributed by atoms with Crippen LogP contribution in [0.25, 0.3) is 21.7 Å². The molecule has 4 rings (SSSR count). The standard InChI is InChI=1S/C17H15F3N4O2S/c18-17(19,20)13-11-15(27-23-13)22-14(12-10(25)7-4-8-21-12)24(16(11)26)9-5-2-1-3-6-9/h4,7-9,25H,1-3,5-6H2. The van der Waals surface area contributed by atoms with E-state index < -0.39 is 22.8 Å². The minimum absolute atomic E-state index is 0.0732. The van der Waals surface area contributed by atoms with E-state index in [-0.39, 0.29) is 28.1 Å². The summed E-state index contributed by atoms with van der Waals surface area (Å²) < 4.78 is 44.6. The highest BCUT2D eigenvalue weighted by atomic mass is 32.1. The summed E-state index contributed by atoms with van der Waals surface area (Å²) in [5, 5.41) is 9.66. The Labute approximate surface area is 155 Å². The molecule has 0 unspecified atom stereocenters. The Hall–Kier alpha value is -2.49. The summed E-state index contributed by atoms with van der Waals surface area (Å²) in [4.78, 5) is 21.4. The summed E-state index contributed by atoms with van der Waals surface area (Å²) in [6, 6.07) is 2.63. The normalized spacial score (nSPS) is 16.1. The van der Waals surface area contributed by atoms with E-state index >= 15 is 0 Å². The van der Waals surface area contributed by atoms with Crippen LogP contribution in [0.2, 0.25) is 0 Å². The summed E-state index contributed by atoms with van der Waals surface area (Å²) in [7, 11) is 0. The van der Waals surface area contributed by atoms with Crippen LogP contribution < -0.4 is 5.56 Å². The molecule has 1 aliphatic carbocycles. The van der Waals surface area contributed by atoms with E-state index in [0.29, 0.717) is 24.4 Å². The third-order valence-electron chi connectivity index (χ3n) is 4.75. The molecule has 0 saturated heterocycles. The van der Waals surface area contributed by atoms with Crippen molar-refractivity contribution >= 4 is 21.7 Å². The molecule has 27 heavy (non-hydrogen) atoms. The molecule has 10 heteroatoms. The SMILES string of the molecule is O=c1c2c(C(F)(F)F)nsc2nc(-c2ncccc2O)n1C1CCCCC1. The molecule has 1 fully saturated rings. The van der Waals surface area contributed by atoms with Crippen LogP contribution in [0.5, 0.6) is 5.75 Å². The molecule has 142 valence electrons. The van der Waals surface area contributed by atoms with E-state index in [9.17, 15) is 23.1 Å². The summed E-state index contributed by atoms with van der Waals surface area (Å²) >= 11 is 0.521. The van der Waals surface area contributed by atoms with Crippen LogP contribution in [0.3, 0.4) is 0 Å². The van der Waals surface area contributed by atoms with Crippen LogP contribution >= 0.6 is 11.5 Å². The Morgan fingerprint density at radius 2 is 1.96 bits per heavy atom. The third-order valence-corrected chi connectivity index (χ3v) is 5.49. The van der Waals surface area contributed by atoms with Crippen molar-refractivity contribution < 1.29 is 18.3 Å². The molecule has 0 bridgehead atoms. The van der Waals surface area contributed by atoms with Gasteiger partial charge in [-0.3, -0.25) is 9.36 Å². The molecule has 1 N–H and O–H groups in total. The number of pyridine rings is 1. The van der Waals surface area contributed by atoms with Gasteiger partial charge in [0.25, 0.3) is 5.56 Å². The Kier molecular flexibility index (Phi) is 4.37. The van der Waals surface area contributed by atoms with E-state index in [4.69, 9.17) is 0 Å². The number of alkyl halides is 3. The second kappa shape index (κ2) is 6.59. The molecule has 0 aliphatic heterocycles. The van der Waals surface area contributed by atoms with Crippen LogP contribution in [0.4, 0.5) is 13.2 Å². The molecule has 0 atom stereocenters. The highest BCUT2D eigenvalue weighted by molar-refractivity contribution is 7.12. The van der Waals surface area contributed by atoms with Gasteiger partial charge in [0.1, 0.15) is 16.8 Å². The molecule has 6 nitrogen and oxygen atoms in total. The smallest absolute Gasteiger partial charge is 0.435 e. The lowest BCUT2D eigenvalue weighted by atomic mass is 9.95. The first kappa shape index (κ1) is 17.9. The lowest BCUT2D eigenvalue weighted by molar-refractivity contribution is -0.139. The maximum absolute atomic E-state index is 13.3. The number of halogens is 3. The van der Waals surface area contributed by atoms with Crippen molar-refractivity contribution in [3.05, 3.63) is 34.4 Å². The molecule has 1 aliphatic rings. The Bertz CT molecular complexity index is 1050. The van der Waals surface area contributed by atoms with Crippen LogP contribution in [0.15, 0.2) is 23.1 Å². The first-order chi connectivity index (χ1) is 12.9. The zero-order chi connectivity index (χ0) is 19.2. The van der Waals surface area contributed by atoms with E-state index in [2.05, 4.69) is 14.3 Å². The number of aromatic nitrogens is 4. The van der Waals surface area contributed by atoms with Gasteiger partial charge in [-0.05, 0) is 36.5 Å². The lowest BCUT2D eigenvalue weighted by Gasteiger charge is -2.26. The van der Waals surface area contributed by atoms with Crippen molar-refractivity contribution in [1.29, 1.82) is 0 Å². The van der Waals surface area contributed by atoms with Crippen molar-refractivity contribution in [3.8, 4) is 17.3 Å². The Morgan fingerprint density at radius 3 is 2.63 bits per heavy atom. The zero-order valence-electron chi connectivity index (χ0n) is 14.0. The Morgan fingerprint density at radius 1 is 1.22 bits per heavy atom. The average Bonchev–Trinajstić information content (AvgIpc) is 3.07. The van der Waals surface area contributed by atoms with Gasteiger partial charge in [0.2, 0.25) is 0 Å². The van der Waals surface area contributed by atoms with Crippen molar-refractivity contribution in [2.75, 3.05) is 0 Å². The molecular formula is C17H15F3N4O2S. The fraction of sp³-hybridized carbons (Fsp3) is 0.412. The van der Waals surface area contributed by atoms with E-state index in [1.54, 1.807) is 0 Å². The lowest BCUT2D eigenvalue weighted by Crippen LogP contribution is -2.30. The van der Waals surface area contributed by atoms with Crippen LogP contribution in [0, 0.1) is 0 Å². The number of hydrogen-bond donors (Lipinski definition) is 1. The fourth-order valence-corrected chi connectivity index (χ4v) is 4.30. The van der Waals surface area contributed by atoms with Gasteiger partial charge < -0.3 is 5.11 Å². The molecule has 0 spiro atoms. The summed E-state index contributed by atoms with van der Waals surface area (Å²) in [6.07, 6.45) is 0.772. The second-order valence-electron chi connectivity index (χ2n) is 6.48. The number of hydrogen-bond acceptors (Lipinski definition) is 6. The maximum atomic E-state index is 13.3. The average molecular weight is 396 g/mol. The molecule has 0 amide bonds. The highest BCUT2D eigenvalue weighted by Gasteiger charge is 2.39. The van der Waals surface area contributed by atoms with E-state index in [0.717, 1.165) is 19.3 Å². The van der Waals surface area contributed by atoms with Gasteiger partial charge in [0, 0.05) is 12.2 Å². The molecule has 0 aromatic carbocycles. The van der Waals surface area contributed by atoms with Gasteiger partial charge in [-0.25, -0.2) is 9.97 Å². The monoisotopic (exact) mass is 396 g/mol. The molecular weight excluding hydrogens is 381 g/mol. The molecule has 0 radical (unpaired) electrons. The predicted molar refractivity (Wildman–Crippen MR) is 93.7 cm³/mol. The van der Waals surface area contributed by atoms with Crippen molar-refractivity contribution in [2.45, 2.75) is 44.3 Å². The molecule has 3 aromatic rings. The van der Waals surface area contributed by atoms with Gasteiger partial charge in [-0.1, -0.05) is 19.3 Å². The largest absolute Gasteiger partial charge is 0.506 e. The van der Waals surface area contributed by atoms with E-state index in [1.165, 1.54) is 22.9 Å². The molecule has 3 aromatic heterocycles. The number of nitrogens with zero attached hydrogens (tertiary/aromatic N) is 4. The van der Waals surface area contributed by atoms with Crippen molar-refractivity contribution in [2.24, 2.45) is 0 Å². The maximum Gasteiger partial charge on any atom is 0.435 e. The van der Waals surface area contributed by atoms with Gasteiger partial charge in [0.05, 0.1) is 0 Å². The van der Waals surface area contributed by atoms with Gasteiger partial charge in [0.15, 0.2) is 16.3 Å². The second-order valence-corrected chi connectivity index (χ2v) is 7.23. The summed E-state index contributed by atoms with van der Waals surface area (Å²) in [5.74, 6) is -0.108. The number of aromatic hydroxyl groups is 1. The van der Waals surface area contributed by atoms with Gasteiger partial charge >= 0.3 is 6.18 Å². The van der Waals surface area contributed by atoms with Crippen LogP contribution in [-0.2, 0) is 6.18 Å².